The first-order valence-electron chi connectivity index (χ1n) is 6.18. The first-order chi connectivity index (χ1) is 8.56. The number of nitrogens with two attached hydrogens (primary N) is 1. The van der Waals surface area contributed by atoms with Gasteiger partial charge in [-0.05, 0) is 20.5 Å². The molecule has 1 fully saturated rings. The Morgan fingerprint density at radius 2 is 2.28 bits per heavy atom. The van der Waals surface area contributed by atoms with Gasteiger partial charge in [0.2, 0.25) is 0 Å². The first-order valence-corrected chi connectivity index (χ1v) is 6.18. The lowest BCUT2D eigenvalue weighted by atomic mass is 10.1. The third-order valence-corrected chi connectivity index (χ3v) is 3.40. The highest BCUT2D eigenvalue weighted by Gasteiger charge is 2.31. The zero-order valence-electron chi connectivity index (χ0n) is 11.1. The molecule has 100 valence electrons. The molecule has 1 saturated heterocycles. The van der Waals surface area contributed by atoms with Crippen molar-refractivity contribution in [1.29, 1.82) is 0 Å². The van der Waals surface area contributed by atoms with Crippen molar-refractivity contribution in [2.24, 2.45) is 5.73 Å². The summed E-state index contributed by atoms with van der Waals surface area (Å²) in [4.78, 5) is 13.5. The van der Waals surface area contributed by atoms with E-state index in [0.717, 1.165) is 25.2 Å². The van der Waals surface area contributed by atoms with E-state index in [4.69, 9.17) is 5.73 Å². The van der Waals surface area contributed by atoms with Crippen LogP contribution < -0.4 is 11.1 Å². The van der Waals surface area contributed by atoms with Gasteiger partial charge in [0.1, 0.15) is 0 Å². The van der Waals surface area contributed by atoms with E-state index in [1.807, 2.05) is 18.8 Å². The summed E-state index contributed by atoms with van der Waals surface area (Å²) in [5.74, 6) is -0.510. The van der Waals surface area contributed by atoms with E-state index in [2.05, 4.69) is 27.5 Å². The number of carbonyl (C=O) groups excluding carboxylic acids is 1. The highest BCUT2D eigenvalue weighted by molar-refractivity contribution is 5.91. The quantitative estimate of drug-likeness (QED) is 0.740. The van der Waals surface area contributed by atoms with Crippen LogP contribution in [-0.2, 0) is 0 Å². The molecule has 0 bridgehead atoms. The number of aromatic nitrogens is 3. The Hall–Kier alpha value is -1.47. The second-order valence-electron chi connectivity index (χ2n) is 4.83. The van der Waals surface area contributed by atoms with E-state index in [9.17, 15) is 4.79 Å². The van der Waals surface area contributed by atoms with Crippen molar-refractivity contribution in [1.82, 2.24) is 25.2 Å². The lowest BCUT2D eigenvalue weighted by molar-refractivity contribution is 0.0992. The Labute approximate surface area is 106 Å². The first kappa shape index (κ1) is 13.0. The van der Waals surface area contributed by atoms with Crippen LogP contribution in [0.4, 0.5) is 0 Å². The summed E-state index contributed by atoms with van der Waals surface area (Å²) in [6.45, 7) is 3.79. The van der Waals surface area contributed by atoms with Crippen molar-refractivity contribution in [3.8, 4) is 0 Å². The smallest absolute Gasteiger partial charge is 0.271 e. The van der Waals surface area contributed by atoms with Gasteiger partial charge in [0, 0.05) is 13.1 Å². The average Bonchev–Trinajstić information content (AvgIpc) is 2.61. The van der Waals surface area contributed by atoms with Crippen LogP contribution in [0.3, 0.4) is 0 Å². The molecule has 0 radical (unpaired) electrons. The van der Waals surface area contributed by atoms with Crippen LogP contribution in [0.25, 0.3) is 0 Å². The highest BCUT2D eigenvalue weighted by Crippen LogP contribution is 2.27. The molecular formula is C11H20N6O. The van der Waals surface area contributed by atoms with Gasteiger partial charge in [0.15, 0.2) is 5.69 Å². The molecule has 3 N–H and O–H groups in total. The lowest BCUT2D eigenvalue weighted by Crippen LogP contribution is -2.45. The molecule has 1 amide bonds. The van der Waals surface area contributed by atoms with Gasteiger partial charge in [0.25, 0.3) is 5.91 Å². The van der Waals surface area contributed by atoms with Crippen LogP contribution in [0.15, 0.2) is 0 Å². The average molecular weight is 252 g/mol. The number of nitrogens with one attached hydrogen (secondary N) is 1. The summed E-state index contributed by atoms with van der Waals surface area (Å²) in [7, 11) is 3.96. The Morgan fingerprint density at radius 3 is 2.67 bits per heavy atom. The third-order valence-electron chi connectivity index (χ3n) is 3.40. The monoisotopic (exact) mass is 252 g/mol. The maximum Gasteiger partial charge on any atom is 0.271 e. The van der Waals surface area contributed by atoms with Crippen molar-refractivity contribution >= 4 is 5.91 Å². The largest absolute Gasteiger partial charge is 0.364 e. The zero-order chi connectivity index (χ0) is 13.3. The summed E-state index contributed by atoms with van der Waals surface area (Å²) in [5.41, 5.74) is 6.52. The summed E-state index contributed by atoms with van der Waals surface area (Å²) < 4.78 is 1.85. The van der Waals surface area contributed by atoms with Gasteiger partial charge in [-0.2, -0.15) is 0 Å². The van der Waals surface area contributed by atoms with Crippen LogP contribution in [0, 0.1) is 0 Å². The maximum absolute atomic E-state index is 11.5. The standard InChI is InChI=1S/C11H20N6O/c1-4-8(16(2)3)10-9(11(12)18)14-15-17(10)7-5-13-6-7/h7-8,13H,4-6H2,1-3H3,(H2,12,18). The van der Waals surface area contributed by atoms with Crippen LogP contribution in [0.1, 0.15) is 41.6 Å². The van der Waals surface area contributed by atoms with E-state index in [1.165, 1.54) is 0 Å². The number of hydrogen-bond acceptors (Lipinski definition) is 5. The molecule has 1 unspecified atom stereocenters. The van der Waals surface area contributed by atoms with Crippen molar-refractivity contribution in [3.63, 3.8) is 0 Å². The van der Waals surface area contributed by atoms with Gasteiger partial charge < -0.3 is 16.0 Å². The summed E-state index contributed by atoms with van der Waals surface area (Å²) in [5, 5.41) is 11.3. The van der Waals surface area contributed by atoms with Gasteiger partial charge >= 0.3 is 0 Å². The normalized spacial score (nSPS) is 17.8. The van der Waals surface area contributed by atoms with Crippen LogP contribution in [0.5, 0.6) is 0 Å². The molecule has 1 aliphatic heterocycles. The Kier molecular flexibility index (Phi) is 3.63. The molecule has 1 aromatic rings. The molecular weight excluding hydrogens is 232 g/mol. The number of hydrogen-bond donors (Lipinski definition) is 2. The molecule has 1 aliphatic rings. The number of nitrogens with zero attached hydrogens (tertiary/aromatic N) is 4. The van der Waals surface area contributed by atoms with E-state index >= 15 is 0 Å². The van der Waals surface area contributed by atoms with Gasteiger partial charge in [-0.25, -0.2) is 4.68 Å². The second-order valence-corrected chi connectivity index (χ2v) is 4.83. The minimum atomic E-state index is -0.510. The Bertz CT molecular complexity index is 437. The van der Waals surface area contributed by atoms with E-state index in [-0.39, 0.29) is 12.1 Å². The number of rotatable bonds is 5. The Morgan fingerprint density at radius 1 is 1.61 bits per heavy atom. The van der Waals surface area contributed by atoms with Crippen LogP contribution in [-0.4, -0.2) is 53.0 Å². The molecule has 0 aromatic carbocycles. The summed E-state index contributed by atoms with van der Waals surface area (Å²) in [6, 6.07) is 0.373. The van der Waals surface area contributed by atoms with Crippen LogP contribution in [0.2, 0.25) is 0 Å². The number of carbonyl (C=O) groups is 1. The van der Waals surface area contributed by atoms with Crippen molar-refractivity contribution in [2.75, 3.05) is 27.2 Å². The molecule has 1 atom stereocenters. The minimum absolute atomic E-state index is 0.100. The van der Waals surface area contributed by atoms with Gasteiger partial charge in [-0.15, -0.1) is 5.10 Å². The molecule has 18 heavy (non-hydrogen) atoms. The van der Waals surface area contributed by atoms with Crippen molar-refractivity contribution in [3.05, 3.63) is 11.4 Å². The maximum atomic E-state index is 11.5. The molecule has 2 heterocycles. The highest BCUT2D eigenvalue weighted by atomic mass is 16.1. The van der Waals surface area contributed by atoms with E-state index in [0.29, 0.717) is 5.69 Å². The lowest BCUT2D eigenvalue weighted by Gasteiger charge is -2.31. The topological polar surface area (TPSA) is 89.1 Å². The summed E-state index contributed by atoms with van der Waals surface area (Å²) in [6.07, 6.45) is 0.876. The van der Waals surface area contributed by atoms with E-state index < -0.39 is 5.91 Å². The predicted molar refractivity (Wildman–Crippen MR) is 67.2 cm³/mol. The van der Waals surface area contributed by atoms with Crippen molar-refractivity contribution in [2.45, 2.75) is 25.4 Å². The van der Waals surface area contributed by atoms with Crippen molar-refractivity contribution < 1.29 is 4.79 Å². The minimum Gasteiger partial charge on any atom is -0.364 e. The molecule has 7 heteroatoms. The molecule has 1 aromatic heterocycles. The fraction of sp³-hybridized carbons (Fsp3) is 0.727. The SMILES string of the molecule is CCC(c1c(C(N)=O)nnn1C1CNC1)N(C)C. The molecule has 0 spiro atoms. The summed E-state index contributed by atoms with van der Waals surface area (Å²) >= 11 is 0. The number of amides is 1. The molecule has 0 saturated carbocycles. The fourth-order valence-corrected chi connectivity index (χ4v) is 2.31. The second kappa shape index (κ2) is 5.03. The molecule has 2 rings (SSSR count). The third kappa shape index (κ3) is 2.11. The zero-order valence-corrected chi connectivity index (χ0v) is 11.1. The van der Waals surface area contributed by atoms with Gasteiger partial charge in [0.05, 0.1) is 17.8 Å². The Balaban J connectivity index is 2.45. The molecule has 0 aliphatic carbocycles. The van der Waals surface area contributed by atoms with Gasteiger partial charge in [-0.1, -0.05) is 12.1 Å². The fourth-order valence-electron chi connectivity index (χ4n) is 2.31. The predicted octanol–water partition coefficient (Wildman–Crippen LogP) is -0.466. The van der Waals surface area contributed by atoms with Gasteiger partial charge in [-0.3, -0.25) is 4.79 Å². The number of primary amides is 1. The molecule has 7 nitrogen and oxygen atoms in total. The van der Waals surface area contributed by atoms with E-state index in [1.54, 1.807) is 0 Å². The van der Waals surface area contributed by atoms with Crippen LogP contribution >= 0.6 is 0 Å².